The molecule has 2 aromatic rings. The van der Waals surface area contributed by atoms with Gasteiger partial charge in [0, 0.05) is 3.57 Å². The van der Waals surface area contributed by atoms with Crippen molar-refractivity contribution in [3.8, 4) is 0 Å². The summed E-state index contributed by atoms with van der Waals surface area (Å²) in [6.07, 6.45) is 2.92. The van der Waals surface area contributed by atoms with Crippen LogP contribution in [0.4, 0.5) is 10.1 Å². The van der Waals surface area contributed by atoms with Gasteiger partial charge in [-0.15, -0.1) is 0 Å². The van der Waals surface area contributed by atoms with Crippen LogP contribution in [0.25, 0.3) is 0 Å². The maximum atomic E-state index is 13.1. The summed E-state index contributed by atoms with van der Waals surface area (Å²) in [6.45, 7) is 0. The van der Waals surface area contributed by atoms with Crippen LogP contribution in [0.15, 0.2) is 42.5 Å². The molecular formula is C17H15FINO. The summed E-state index contributed by atoms with van der Waals surface area (Å²) < 4.78 is 13.8. The van der Waals surface area contributed by atoms with Gasteiger partial charge in [0.25, 0.3) is 0 Å². The number of hydrogen-bond acceptors (Lipinski definition) is 1. The molecule has 0 aliphatic heterocycles. The number of amides is 1. The topological polar surface area (TPSA) is 29.1 Å². The Morgan fingerprint density at radius 3 is 2.86 bits per heavy atom. The van der Waals surface area contributed by atoms with Crippen molar-refractivity contribution in [3.63, 3.8) is 0 Å². The molecule has 0 radical (unpaired) electrons. The summed E-state index contributed by atoms with van der Waals surface area (Å²) in [5.74, 6) is -0.414. The Balaban J connectivity index is 1.83. The SMILES string of the molecule is O=C(Nc1ccc(F)cc1I)C1CCCc2ccccc21. The number of rotatable bonds is 2. The van der Waals surface area contributed by atoms with Crippen molar-refractivity contribution in [2.75, 3.05) is 5.32 Å². The van der Waals surface area contributed by atoms with E-state index in [0.29, 0.717) is 9.26 Å². The minimum atomic E-state index is -0.291. The van der Waals surface area contributed by atoms with E-state index in [2.05, 4.69) is 11.4 Å². The average Bonchev–Trinajstić information content (AvgIpc) is 2.49. The molecule has 0 spiro atoms. The molecule has 0 aromatic heterocycles. The second kappa shape index (κ2) is 6.13. The van der Waals surface area contributed by atoms with Crippen molar-refractivity contribution in [2.24, 2.45) is 0 Å². The number of carbonyl (C=O) groups is 1. The summed E-state index contributed by atoms with van der Waals surface area (Å²) in [4.78, 5) is 12.6. The molecule has 1 N–H and O–H groups in total. The van der Waals surface area contributed by atoms with Crippen molar-refractivity contribution in [1.82, 2.24) is 0 Å². The molecule has 1 unspecified atom stereocenters. The van der Waals surface area contributed by atoms with Crippen LogP contribution < -0.4 is 5.32 Å². The molecule has 1 amide bonds. The van der Waals surface area contributed by atoms with Crippen molar-refractivity contribution < 1.29 is 9.18 Å². The predicted octanol–water partition coefficient (Wildman–Crippen LogP) is 4.49. The van der Waals surface area contributed by atoms with Crippen LogP contribution in [0.3, 0.4) is 0 Å². The number of halogens is 2. The van der Waals surface area contributed by atoms with E-state index >= 15 is 0 Å². The Hall–Kier alpha value is -1.43. The van der Waals surface area contributed by atoms with E-state index in [-0.39, 0.29) is 17.6 Å². The van der Waals surface area contributed by atoms with Crippen molar-refractivity contribution in [3.05, 3.63) is 63.0 Å². The highest BCUT2D eigenvalue weighted by Gasteiger charge is 2.26. The van der Waals surface area contributed by atoms with Gasteiger partial charge in [-0.1, -0.05) is 24.3 Å². The number of aryl methyl sites for hydroxylation is 1. The number of nitrogens with one attached hydrogen (secondary N) is 1. The summed E-state index contributed by atoms with van der Waals surface area (Å²) in [6, 6.07) is 12.5. The van der Waals surface area contributed by atoms with Gasteiger partial charge in [-0.05, 0) is 71.2 Å². The number of benzene rings is 2. The van der Waals surface area contributed by atoms with E-state index in [9.17, 15) is 9.18 Å². The Kier molecular flexibility index (Phi) is 4.24. The number of fused-ring (bicyclic) bond motifs is 1. The van der Waals surface area contributed by atoms with Gasteiger partial charge in [0.05, 0.1) is 11.6 Å². The fourth-order valence-electron chi connectivity index (χ4n) is 2.84. The van der Waals surface area contributed by atoms with E-state index in [4.69, 9.17) is 0 Å². The van der Waals surface area contributed by atoms with Gasteiger partial charge >= 0.3 is 0 Å². The highest BCUT2D eigenvalue weighted by Crippen LogP contribution is 2.32. The Labute approximate surface area is 136 Å². The Morgan fingerprint density at radius 1 is 1.24 bits per heavy atom. The van der Waals surface area contributed by atoms with Gasteiger partial charge in [-0.25, -0.2) is 4.39 Å². The van der Waals surface area contributed by atoms with Gasteiger partial charge in [-0.2, -0.15) is 0 Å². The zero-order valence-electron chi connectivity index (χ0n) is 11.4. The van der Waals surface area contributed by atoms with Gasteiger partial charge in [0.1, 0.15) is 5.82 Å². The van der Waals surface area contributed by atoms with Crippen LogP contribution in [0.1, 0.15) is 29.9 Å². The third-order valence-corrected chi connectivity index (χ3v) is 4.77. The number of hydrogen-bond donors (Lipinski definition) is 1. The first-order chi connectivity index (χ1) is 10.1. The molecular weight excluding hydrogens is 380 g/mol. The highest BCUT2D eigenvalue weighted by atomic mass is 127. The molecule has 1 aliphatic rings. The third kappa shape index (κ3) is 3.10. The largest absolute Gasteiger partial charge is 0.325 e. The number of carbonyl (C=O) groups excluding carboxylic acids is 1. The van der Waals surface area contributed by atoms with Gasteiger partial charge in [0.15, 0.2) is 0 Å². The Bertz CT molecular complexity index is 686. The molecule has 1 atom stereocenters. The van der Waals surface area contributed by atoms with Gasteiger partial charge in [0.2, 0.25) is 5.91 Å². The first-order valence-electron chi connectivity index (χ1n) is 6.99. The molecule has 1 aliphatic carbocycles. The standard InChI is InChI=1S/C17H15FINO/c18-12-8-9-16(15(19)10-12)20-17(21)14-7-3-5-11-4-1-2-6-13(11)14/h1-2,4,6,8-10,14H,3,5,7H2,(H,20,21). The van der Waals surface area contributed by atoms with E-state index < -0.39 is 0 Å². The zero-order chi connectivity index (χ0) is 14.8. The van der Waals surface area contributed by atoms with Crippen LogP contribution in [-0.4, -0.2) is 5.91 Å². The highest BCUT2D eigenvalue weighted by molar-refractivity contribution is 14.1. The Morgan fingerprint density at radius 2 is 2.05 bits per heavy atom. The van der Waals surface area contributed by atoms with Crippen LogP contribution in [0.2, 0.25) is 0 Å². The van der Waals surface area contributed by atoms with E-state index in [0.717, 1.165) is 24.8 Å². The van der Waals surface area contributed by atoms with E-state index in [1.807, 2.05) is 40.8 Å². The third-order valence-electron chi connectivity index (χ3n) is 3.87. The van der Waals surface area contributed by atoms with Crippen LogP contribution in [0, 0.1) is 9.39 Å². The second-order valence-corrected chi connectivity index (χ2v) is 6.42. The molecule has 0 bridgehead atoms. The quantitative estimate of drug-likeness (QED) is 0.747. The molecule has 2 nitrogen and oxygen atoms in total. The molecule has 3 rings (SSSR count). The normalized spacial score (nSPS) is 17.1. The van der Waals surface area contributed by atoms with Crippen molar-refractivity contribution in [2.45, 2.75) is 25.2 Å². The predicted molar refractivity (Wildman–Crippen MR) is 89.9 cm³/mol. The van der Waals surface area contributed by atoms with Crippen LogP contribution in [0.5, 0.6) is 0 Å². The lowest BCUT2D eigenvalue weighted by molar-refractivity contribution is -0.117. The lowest BCUT2D eigenvalue weighted by Crippen LogP contribution is -2.25. The molecule has 0 heterocycles. The summed E-state index contributed by atoms with van der Waals surface area (Å²) >= 11 is 2.04. The van der Waals surface area contributed by atoms with Crippen LogP contribution in [-0.2, 0) is 11.2 Å². The van der Waals surface area contributed by atoms with Gasteiger partial charge < -0.3 is 5.32 Å². The first kappa shape index (κ1) is 14.5. The molecule has 2 aromatic carbocycles. The summed E-state index contributed by atoms with van der Waals surface area (Å²) in [7, 11) is 0. The lowest BCUT2D eigenvalue weighted by Gasteiger charge is -2.24. The average molecular weight is 395 g/mol. The van der Waals surface area contributed by atoms with Crippen molar-refractivity contribution >= 4 is 34.2 Å². The minimum Gasteiger partial charge on any atom is -0.325 e. The minimum absolute atomic E-state index is 0.00771. The van der Waals surface area contributed by atoms with Crippen molar-refractivity contribution in [1.29, 1.82) is 0 Å². The van der Waals surface area contributed by atoms with E-state index in [1.54, 1.807) is 6.07 Å². The maximum absolute atomic E-state index is 13.1. The molecule has 0 fully saturated rings. The van der Waals surface area contributed by atoms with Crippen LogP contribution >= 0.6 is 22.6 Å². The fourth-order valence-corrected chi connectivity index (χ4v) is 3.45. The smallest absolute Gasteiger partial charge is 0.231 e. The molecule has 21 heavy (non-hydrogen) atoms. The maximum Gasteiger partial charge on any atom is 0.231 e. The summed E-state index contributed by atoms with van der Waals surface area (Å²) in [5.41, 5.74) is 3.06. The zero-order valence-corrected chi connectivity index (χ0v) is 13.6. The second-order valence-electron chi connectivity index (χ2n) is 5.26. The molecule has 0 saturated heterocycles. The first-order valence-corrected chi connectivity index (χ1v) is 8.07. The molecule has 0 saturated carbocycles. The molecule has 108 valence electrons. The lowest BCUT2D eigenvalue weighted by atomic mass is 9.82. The fraction of sp³-hybridized carbons (Fsp3) is 0.235. The summed E-state index contributed by atoms with van der Waals surface area (Å²) in [5, 5.41) is 2.93. The number of anilines is 1. The van der Waals surface area contributed by atoms with E-state index in [1.165, 1.54) is 17.7 Å². The van der Waals surface area contributed by atoms with Gasteiger partial charge in [-0.3, -0.25) is 4.79 Å². The molecule has 4 heteroatoms. The monoisotopic (exact) mass is 395 g/mol.